The molecule has 2 atom stereocenters. The van der Waals surface area contributed by atoms with Crippen LogP contribution in [0.1, 0.15) is 19.8 Å². The third kappa shape index (κ3) is 2.42. The molecule has 2 aliphatic heterocycles. The van der Waals surface area contributed by atoms with Crippen LogP contribution in [0.5, 0.6) is 0 Å². The van der Waals surface area contributed by atoms with Gasteiger partial charge < -0.3 is 10.1 Å². The van der Waals surface area contributed by atoms with E-state index in [0.29, 0.717) is 6.04 Å². The minimum absolute atomic E-state index is 0.564. The van der Waals surface area contributed by atoms with E-state index in [2.05, 4.69) is 17.1 Å². The van der Waals surface area contributed by atoms with Crippen molar-refractivity contribution >= 4 is 0 Å². The maximum atomic E-state index is 5.44. The van der Waals surface area contributed by atoms with Gasteiger partial charge in [-0.3, -0.25) is 4.90 Å². The van der Waals surface area contributed by atoms with E-state index in [1.807, 2.05) is 0 Å². The van der Waals surface area contributed by atoms with Gasteiger partial charge in [-0.15, -0.1) is 0 Å². The number of hydrogen-bond acceptors (Lipinski definition) is 3. The average molecular weight is 184 g/mol. The molecule has 2 unspecified atom stereocenters. The lowest BCUT2D eigenvalue weighted by atomic mass is 10.2. The zero-order valence-electron chi connectivity index (χ0n) is 8.46. The Hall–Kier alpha value is -0.120. The van der Waals surface area contributed by atoms with Gasteiger partial charge >= 0.3 is 0 Å². The highest BCUT2D eigenvalue weighted by Crippen LogP contribution is 2.16. The largest absolute Gasteiger partial charge is 0.378 e. The van der Waals surface area contributed by atoms with Crippen molar-refractivity contribution in [3.8, 4) is 0 Å². The lowest BCUT2D eigenvalue weighted by molar-refractivity contribution is 0.0610. The molecule has 0 spiro atoms. The molecule has 0 bridgehead atoms. The second-order valence-electron chi connectivity index (χ2n) is 4.21. The molecule has 2 rings (SSSR count). The smallest absolute Gasteiger partial charge is 0.0632 e. The van der Waals surface area contributed by atoms with E-state index in [1.165, 1.54) is 25.9 Å². The predicted octanol–water partition coefficient (Wildman–Crippen LogP) is 0.459. The molecule has 0 amide bonds. The van der Waals surface area contributed by atoms with Crippen LogP contribution >= 0.6 is 0 Å². The van der Waals surface area contributed by atoms with Crippen molar-refractivity contribution in [1.82, 2.24) is 10.2 Å². The Kier molecular flexibility index (Phi) is 3.19. The lowest BCUT2D eigenvalue weighted by Crippen LogP contribution is -2.49. The Morgan fingerprint density at radius 3 is 3.08 bits per heavy atom. The van der Waals surface area contributed by atoms with Crippen molar-refractivity contribution in [2.75, 3.05) is 32.8 Å². The summed E-state index contributed by atoms with van der Waals surface area (Å²) in [5.41, 5.74) is 0. The number of nitrogens with one attached hydrogen (secondary N) is 1. The van der Waals surface area contributed by atoms with E-state index in [0.717, 1.165) is 25.8 Å². The first-order valence-electron chi connectivity index (χ1n) is 5.41. The monoisotopic (exact) mass is 184 g/mol. The highest BCUT2D eigenvalue weighted by atomic mass is 16.5. The molecular formula is C10H20N2O. The Bertz CT molecular complexity index is 157. The molecule has 0 aliphatic carbocycles. The highest BCUT2D eigenvalue weighted by molar-refractivity contribution is 4.81. The quantitative estimate of drug-likeness (QED) is 0.675. The van der Waals surface area contributed by atoms with Crippen LogP contribution in [0.15, 0.2) is 0 Å². The Morgan fingerprint density at radius 1 is 1.54 bits per heavy atom. The molecule has 0 saturated carbocycles. The molecule has 76 valence electrons. The standard InChI is InChI=1S/C10H20N2O/c1-9-3-2-5-12(9)7-10-8-13-6-4-11-10/h9-11H,2-8H2,1H3. The molecule has 2 fully saturated rings. The molecule has 3 heteroatoms. The molecule has 2 aliphatic rings. The molecule has 2 saturated heterocycles. The first-order chi connectivity index (χ1) is 6.36. The summed E-state index contributed by atoms with van der Waals surface area (Å²) in [7, 11) is 0. The van der Waals surface area contributed by atoms with Crippen LogP contribution in [0.4, 0.5) is 0 Å². The number of hydrogen-bond donors (Lipinski definition) is 1. The SMILES string of the molecule is CC1CCCN1CC1COCCN1. The first kappa shape index (κ1) is 9.44. The fraction of sp³-hybridized carbons (Fsp3) is 1.00. The van der Waals surface area contributed by atoms with Crippen LogP contribution in [-0.4, -0.2) is 49.8 Å². The number of nitrogens with zero attached hydrogens (tertiary/aromatic N) is 1. The fourth-order valence-electron chi connectivity index (χ4n) is 2.28. The van der Waals surface area contributed by atoms with Crippen molar-refractivity contribution < 1.29 is 4.74 Å². The Labute approximate surface area is 80.4 Å². The number of ether oxygens (including phenoxy) is 1. The minimum atomic E-state index is 0.564. The van der Waals surface area contributed by atoms with Gasteiger partial charge in [0.25, 0.3) is 0 Å². The predicted molar refractivity (Wildman–Crippen MR) is 52.9 cm³/mol. The second-order valence-corrected chi connectivity index (χ2v) is 4.21. The zero-order valence-corrected chi connectivity index (χ0v) is 8.46. The molecule has 0 aromatic heterocycles. The van der Waals surface area contributed by atoms with E-state index in [4.69, 9.17) is 4.74 Å². The van der Waals surface area contributed by atoms with Crippen LogP contribution in [-0.2, 0) is 4.74 Å². The maximum absolute atomic E-state index is 5.44. The molecule has 2 heterocycles. The molecular weight excluding hydrogens is 164 g/mol. The van der Waals surface area contributed by atoms with Crippen molar-refractivity contribution in [2.45, 2.75) is 31.8 Å². The van der Waals surface area contributed by atoms with Gasteiger partial charge in [0.1, 0.15) is 0 Å². The van der Waals surface area contributed by atoms with E-state index >= 15 is 0 Å². The molecule has 0 radical (unpaired) electrons. The van der Waals surface area contributed by atoms with Gasteiger partial charge in [0.15, 0.2) is 0 Å². The zero-order chi connectivity index (χ0) is 9.10. The minimum Gasteiger partial charge on any atom is -0.378 e. The highest BCUT2D eigenvalue weighted by Gasteiger charge is 2.24. The molecule has 1 N–H and O–H groups in total. The normalized spacial score (nSPS) is 36.7. The van der Waals surface area contributed by atoms with Gasteiger partial charge in [0.2, 0.25) is 0 Å². The third-order valence-corrected chi connectivity index (χ3v) is 3.14. The second kappa shape index (κ2) is 4.40. The summed E-state index contributed by atoms with van der Waals surface area (Å²) >= 11 is 0. The van der Waals surface area contributed by atoms with Gasteiger partial charge in [-0.2, -0.15) is 0 Å². The summed E-state index contributed by atoms with van der Waals surface area (Å²) in [6.07, 6.45) is 2.74. The summed E-state index contributed by atoms with van der Waals surface area (Å²) in [4.78, 5) is 2.58. The molecule has 13 heavy (non-hydrogen) atoms. The van der Waals surface area contributed by atoms with Crippen LogP contribution in [0.25, 0.3) is 0 Å². The van der Waals surface area contributed by atoms with Crippen LogP contribution in [0, 0.1) is 0 Å². The van der Waals surface area contributed by atoms with Gasteiger partial charge in [-0.05, 0) is 26.3 Å². The van der Waals surface area contributed by atoms with E-state index in [-0.39, 0.29) is 0 Å². The molecule has 0 aromatic carbocycles. The summed E-state index contributed by atoms with van der Waals surface area (Å²) in [6, 6.07) is 1.35. The van der Waals surface area contributed by atoms with Gasteiger partial charge in [0, 0.05) is 25.2 Å². The van der Waals surface area contributed by atoms with Gasteiger partial charge in [-0.25, -0.2) is 0 Å². The first-order valence-corrected chi connectivity index (χ1v) is 5.41. The third-order valence-electron chi connectivity index (χ3n) is 3.14. The number of morpholine rings is 1. The number of rotatable bonds is 2. The number of likely N-dealkylation sites (tertiary alicyclic amines) is 1. The van der Waals surface area contributed by atoms with Gasteiger partial charge in [-0.1, -0.05) is 0 Å². The van der Waals surface area contributed by atoms with Crippen molar-refractivity contribution in [3.05, 3.63) is 0 Å². The van der Waals surface area contributed by atoms with Crippen LogP contribution in [0.3, 0.4) is 0 Å². The van der Waals surface area contributed by atoms with E-state index < -0.39 is 0 Å². The van der Waals surface area contributed by atoms with E-state index in [9.17, 15) is 0 Å². The fourth-order valence-corrected chi connectivity index (χ4v) is 2.28. The summed E-state index contributed by atoms with van der Waals surface area (Å²) in [5.74, 6) is 0. The summed E-state index contributed by atoms with van der Waals surface area (Å²) < 4.78 is 5.44. The average Bonchev–Trinajstić information content (AvgIpc) is 2.54. The van der Waals surface area contributed by atoms with Crippen LogP contribution in [0.2, 0.25) is 0 Å². The van der Waals surface area contributed by atoms with Crippen molar-refractivity contribution in [3.63, 3.8) is 0 Å². The maximum Gasteiger partial charge on any atom is 0.0632 e. The van der Waals surface area contributed by atoms with Crippen molar-refractivity contribution in [2.24, 2.45) is 0 Å². The van der Waals surface area contributed by atoms with E-state index in [1.54, 1.807) is 0 Å². The topological polar surface area (TPSA) is 24.5 Å². The van der Waals surface area contributed by atoms with Crippen LogP contribution < -0.4 is 5.32 Å². The Morgan fingerprint density at radius 2 is 2.46 bits per heavy atom. The summed E-state index contributed by atoms with van der Waals surface area (Å²) in [6.45, 7) is 7.57. The summed E-state index contributed by atoms with van der Waals surface area (Å²) in [5, 5.41) is 3.50. The molecule has 3 nitrogen and oxygen atoms in total. The lowest BCUT2D eigenvalue weighted by Gasteiger charge is -2.30. The van der Waals surface area contributed by atoms with Crippen molar-refractivity contribution in [1.29, 1.82) is 0 Å². The Balaban J connectivity index is 1.75. The molecule has 0 aromatic rings. The van der Waals surface area contributed by atoms with Gasteiger partial charge in [0.05, 0.1) is 13.2 Å².